The van der Waals surface area contributed by atoms with E-state index in [9.17, 15) is 4.79 Å². The van der Waals surface area contributed by atoms with E-state index in [0.29, 0.717) is 23.3 Å². The Bertz CT molecular complexity index is 1200. The summed E-state index contributed by atoms with van der Waals surface area (Å²) in [4.78, 5) is 22.4. The Labute approximate surface area is 169 Å². The number of hydrogen-bond acceptors (Lipinski definition) is 5. The molecule has 6 nitrogen and oxygen atoms in total. The molecule has 4 rings (SSSR count). The van der Waals surface area contributed by atoms with Gasteiger partial charge in [0, 0.05) is 5.69 Å². The van der Waals surface area contributed by atoms with E-state index in [2.05, 4.69) is 6.92 Å². The van der Waals surface area contributed by atoms with Gasteiger partial charge in [-0.05, 0) is 37.1 Å². The molecule has 2 aromatic heterocycles. The van der Waals surface area contributed by atoms with Crippen LogP contribution in [0.3, 0.4) is 0 Å². The molecular formula is C23H24N4O2. The molecule has 2 N–H and O–H groups in total. The van der Waals surface area contributed by atoms with Gasteiger partial charge in [-0.3, -0.25) is 4.57 Å². The number of para-hydroxylation sites is 2. The average Bonchev–Trinajstić information content (AvgIpc) is 3.01. The summed E-state index contributed by atoms with van der Waals surface area (Å²) in [5.41, 5.74) is 11.1. The van der Waals surface area contributed by atoms with E-state index in [4.69, 9.17) is 20.4 Å². The van der Waals surface area contributed by atoms with Crippen LogP contribution in [0.4, 0.5) is 5.82 Å². The molecule has 6 heteroatoms. The van der Waals surface area contributed by atoms with Crippen molar-refractivity contribution in [3.8, 4) is 5.69 Å². The van der Waals surface area contributed by atoms with Crippen LogP contribution < -0.4 is 5.73 Å². The van der Waals surface area contributed by atoms with Crippen molar-refractivity contribution in [2.45, 2.75) is 27.2 Å². The Kier molecular flexibility index (Phi) is 4.92. The van der Waals surface area contributed by atoms with E-state index in [1.54, 1.807) is 4.57 Å². The van der Waals surface area contributed by atoms with Crippen molar-refractivity contribution >= 4 is 34.0 Å². The van der Waals surface area contributed by atoms with Gasteiger partial charge < -0.3 is 10.5 Å². The average molecular weight is 388 g/mol. The molecule has 2 aromatic carbocycles. The lowest BCUT2D eigenvalue weighted by atomic mass is 10.1. The summed E-state index contributed by atoms with van der Waals surface area (Å²) in [5.74, 6) is 0.0918. The third-order valence-electron chi connectivity index (χ3n) is 5.19. The van der Waals surface area contributed by atoms with Crippen LogP contribution >= 0.6 is 0 Å². The van der Waals surface area contributed by atoms with Crippen LogP contribution in [-0.2, 0) is 4.74 Å². The number of esters is 1. The summed E-state index contributed by atoms with van der Waals surface area (Å²) in [6.45, 7) is 6.46. The van der Waals surface area contributed by atoms with Crippen molar-refractivity contribution < 1.29 is 9.53 Å². The first-order chi connectivity index (χ1) is 14.0. The number of rotatable bonds is 5. The van der Waals surface area contributed by atoms with Gasteiger partial charge in [0.25, 0.3) is 0 Å². The summed E-state index contributed by atoms with van der Waals surface area (Å²) in [5, 5.41) is 0. The van der Waals surface area contributed by atoms with Crippen molar-refractivity contribution in [3.05, 3.63) is 59.7 Å². The summed E-state index contributed by atoms with van der Waals surface area (Å²) in [6, 6.07) is 15.5. The Morgan fingerprint density at radius 1 is 1.10 bits per heavy atom. The van der Waals surface area contributed by atoms with Crippen LogP contribution in [-0.4, -0.2) is 27.1 Å². The molecule has 4 aromatic rings. The number of anilines is 1. The molecule has 0 bridgehead atoms. The number of hydrogen-bond donors (Lipinski definition) is 1. The maximum Gasteiger partial charge on any atom is 0.344 e. The van der Waals surface area contributed by atoms with E-state index < -0.39 is 5.97 Å². The van der Waals surface area contributed by atoms with Gasteiger partial charge in [-0.2, -0.15) is 0 Å². The molecule has 0 spiro atoms. The van der Waals surface area contributed by atoms with Crippen LogP contribution in [0.1, 0.15) is 36.2 Å². The smallest absolute Gasteiger partial charge is 0.344 e. The molecule has 29 heavy (non-hydrogen) atoms. The summed E-state index contributed by atoms with van der Waals surface area (Å²) < 4.78 is 7.32. The van der Waals surface area contributed by atoms with Gasteiger partial charge >= 0.3 is 5.97 Å². The lowest BCUT2D eigenvalue weighted by molar-refractivity contribution is 0.0450. The fourth-order valence-corrected chi connectivity index (χ4v) is 3.23. The Morgan fingerprint density at radius 2 is 1.76 bits per heavy atom. The van der Waals surface area contributed by atoms with Gasteiger partial charge in [-0.15, -0.1) is 0 Å². The molecule has 0 amide bonds. The highest BCUT2D eigenvalue weighted by atomic mass is 16.5. The lowest BCUT2D eigenvalue weighted by Gasteiger charge is -2.10. The molecule has 148 valence electrons. The van der Waals surface area contributed by atoms with Crippen molar-refractivity contribution in [3.63, 3.8) is 0 Å². The number of nitrogens with zero attached hydrogens (tertiary/aromatic N) is 3. The number of nitrogens with two attached hydrogens (primary N) is 1. The fraction of sp³-hybridized carbons (Fsp3) is 0.261. The second-order valence-corrected chi connectivity index (χ2v) is 7.43. The minimum Gasteiger partial charge on any atom is -0.462 e. The first-order valence-corrected chi connectivity index (χ1v) is 9.80. The quantitative estimate of drug-likeness (QED) is 0.503. The van der Waals surface area contributed by atoms with E-state index in [1.165, 1.54) is 0 Å². The number of fused-ring (bicyclic) bond motifs is 2. The number of nitrogen functional groups attached to an aromatic ring is 1. The molecule has 0 saturated heterocycles. The van der Waals surface area contributed by atoms with Crippen LogP contribution in [0.5, 0.6) is 0 Å². The van der Waals surface area contributed by atoms with Crippen LogP contribution in [0.2, 0.25) is 0 Å². The standard InChI is InChI=1S/C23H24N4O2/c1-4-14(2)13-29-23(28)19-20-22(26-18-8-6-5-7-17(18)25-20)27(21(19)24)16-11-9-15(3)10-12-16/h5-12,14H,4,13,24H2,1-3H3/t14-/m1/s1. The molecule has 0 aliphatic rings. The van der Waals surface area contributed by atoms with Crippen LogP contribution in [0.25, 0.3) is 27.9 Å². The second-order valence-electron chi connectivity index (χ2n) is 7.43. The zero-order chi connectivity index (χ0) is 20.5. The number of ether oxygens (including phenoxy) is 1. The highest BCUT2D eigenvalue weighted by Crippen LogP contribution is 2.31. The zero-order valence-corrected chi connectivity index (χ0v) is 16.8. The number of carbonyl (C=O) groups excluding carboxylic acids is 1. The monoisotopic (exact) mass is 388 g/mol. The minimum atomic E-state index is -0.469. The molecule has 0 aliphatic heterocycles. The molecule has 0 unspecified atom stereocenters. The molecular weight excluding hydrogens is 364 g/mol. The van der Waals surface area contributed by atoms with Crippen molar-refractivity contribution in [1.82, 2.24) is 14.5 Å². The molecule has 1 atom stereocenters. The van der Waals surface area contributed by atoms with Gasteiger partial charge in [0.05, 0.1) is 17.6 Å². The third kappa shape index (κ3) is 3.42. The van der Waals surface area contributed by atoms with Crippen LogP contribution in [0.15, 0.2) is 48.5 Å². The molecule has 0 saturated carbocycles. The van der Waals surface area contributed by atoms with Crippen LogP contribution in [0, 0.1) is 12.8 Å². The lowest BCUT2D eigenvalue weighted by Crippen LogP contribution is -2.13. The third-order valence-corrected chi connectivity index (χ3v) is 5.19. The molecule has 0 fully saturated rings. The topological polar surface area (TPSA) is 83.0 Å². The number of benzene rings is 2. The largest absolute Gasteiger partial charge is 0.462 e. The molecule has 2 heterocycles. The van der Waals surface area contributed by atoms with E-state index in [-0.39, 0.29) is 17.3 Å². The van der Waals surface area contributed by atoms with E-state index in [0.717, 1.165) is 23.2 Å². The molecule has 0 radical (unpaired) electrons. The van der Waals surface area contributed by atoms with Gasteiger partial charge in [0.1, 0.15) is 16.9 Å². The highest BCUT2D eigenvalue weighted by Gasteiger charge is 2.26. The minimum absolute atomic E-state index is 0.266. The normalized spacial score (nSPS) is 12.4. The predicted molar refractivity (Wildman–Crippen MR) is 115 cm³/mol. The maximum atomic E-state index is 13.0. The molecule has 0 aliphatic carbocycles. The number of aryl methyl sites for hydroxylation is 1. The van der Waals surface area contributed by atoms with E-state index in [1.807, 2.05) is 62.4 Å². The predicted octanol–water partition coefficient (Wildman–Crippen LogP) is 4.67. The maximum absolute atomic E-state index is 13.0. The van der Waals surface area contributed by atoms with Crippen molar-refractivity contribution in [1.29, 1.82) is 0 Å². The fourth-order valence-electron chi connectivity index (χ4n) is 3.23. The summed E-state index contributed by atoms with van der Waals surface area (Å²) >= 11 is 0. The van der Waals surface area contributed by atoms with E-state index >= 15 is 0 Å². The number of aromatic nitrogens is 3. The van der Waals surface area contributed by atoms with Crippen molar-refractivity contribution in [2.24, 2.45) is 5.92 Å². The first kappa shape index (κ1) is 18.9. The summed E-state index contributed by atoms with van der Waals surface area (Å²) in [7, 11) is 0. The zero-order valence-electron chi connectivity index (χ0n) is 16.8. The van der Waals surface area contributed by atoms with Gasteiger partial charge in [0.2, 0.25) is 0 Å². The van der Waals surface area contributed by atoms with Gasteiger partial charge in [-0.25, -0.2) is 14.8 Å². The van der Waals surface area contributed by atoms with Gasteiger partial charge in [-0.1, -0.05) is 50.1 Å². The Balaban J connectivity index is 1.94. The van der Waals surface area contributed by atoms with Crippen molar-refractivity contribution in [2.75, 3.05) is 12.3 Å². The summed E-state index contributed by atoms with van der Waals surface area (Å²) in [6.07, 6.45) is 0.929. The SMILES string of the molecule is CC[C@@H](C)COC(=O)c1c(N)n(-c2ccc(C)cc2)c2nc3ccccc3nc12. The second kappa shape index (κ2) is 7.54. The Hall–Kier alpha value is -3.41. The first-order valence-electron chi connectivity index (χ1n) is 9.80. The van der Waals surface area contributed by atoms with Gasteiger partial charge in [0.15, 0.2) is 5.65 Å². The number of carbonyl (C=O) groups is 1. The Morgan fingerprint density at radius 3 is 2.41 bits per heavy atom. The highest BCUT2D eigenvalue weighted by molar-refractivity contribution is 6.09.